The van der Waals surface area contributed by atoms with Crippen LogP contribution in [0.3, 0.4) is 0 Å². The Labute approximate surface area is 150 Å². The maximum Gasteiger partial charge on any atom is 0.0461 e. The highest BCUT2D eigenvalue weighted by atomic mass is 15.1. The Balaban J connectivity index is 0. The lowest BCUT2D eigenvalue weighted by atomic mass is 10.2. The van der Waals surface area contributed by atoms with Crippen LogP contribution in [-0.2, 0) is 0 Å². The van der Waals surface area contributed by atoms with Crippen LogP contribution in [0.1, 0.15) is 48.5 Å². The summed E-state index contributed by atoms with van der Waals surface area (Å²) in [6, 6.07) is 10.3. The SMILES string of the molecule is C=C/C(=C\C=C/C)N(C(/C=C\C)=C/C)c1ccccc1.CC.CC. The van der Waals surface area contributed by atoms with Gasteiger partial charge >= 0.3 is 0 Å². The zero-order valence-corrected chi connectivity index (χ0v) is 16.6. The van der Waals surface area contributed by atoms with E-state index in [-0.39, 0.29) is 0 Å². The summed E-state index contributed by atoms with van der Waals surface area (Å²) < 4.78 is 0. The van der Waals surface area contributed by atoms with Crippen LogP contribution >= 0.6 is 0 Å². The van der Waals surface area contributed by atoms with Gasteiger partial charge in [-0.15, -0.1) is 0 Å². The van der Waals surface area contributed by atoms with Gasteiger partial charge < -0.3 is 4.90 Å². The van der Waals surface area contributed by atoms with Crippen molar-refractivity contribution in [2.24, 2.45) is 0 Å². The number of anilines is 1. The fourth-order valence-electron chi connectivity index (χ4n) is 1.92. The highest BCUT2D eigenvalue weighted by Crippen LogP contribution is 2.25. The van der Waals surface area contributed by atoms with E-state index in [2.05, 4.69) is 41.8 Å². The first-order valence-electron chi connectivity index (χ1n) is 8.88. The van der Waals surface area contributed by atoms with Gasteiger partial charge in [-0.25, -0.2) is 0 Å². The van der Waals surface area contributed by atoms with Crippen molar-refractivity contribution in [3.63, 3.8) is 0 Å². The van der Waals surface area contributed by atoms with E-state index < -0.39 is 0 Å². The summed E-state index contributed by atoms with van der Waals surface area (Å²) in [5.41, 5.74) is 3.28. The fraction of sp³-hybridized carbons (Fsp3) is 0.304. The van der Waals surface area contributed by atoms with Crippen molar-refractivity contribution >= 4 is 5.69 Å². The van der Waals surface area contributed by atoms with Crippen molar-refractivity contribution < 1.29 is 0 Å². The fourth-order valence-corrected chi connectivity index (χ4v) is 1.92. The average molecular weight is 326 g/mol. The van der Waals surface area contributed by atoms with Gasteiger partial charge in [-0.2, -0.15) is 0 Å². The zero-order chi connectivity index (χ0) is 18.8. The Bertz CT molecular complexity index is 530. The molecule has 0 saturated carbocycles. The van der Waals surface area contributed by atoms with Gasteiger partial charge in [0.15, 0.2) is 0 Å². The Morgan fingerprint density at radius 3 is 1.88 bits per heavy atom. The van der Waals surface area contributed by atoms with Crippen LogP contribution in [0.5, 0.6) is 0 Å². The van der Waals surface area contributed by atoms with Crippen LogP contribution in [-0.4, -0.2) is 0 Å². The quantitative estimate of drug-likeness (QED) is 0.485. The highest BCUT2D eigenvalue weighted by Gasteiger charge is 2.11. The van der Waals surface area contributed by atoms with E-state index in [9.17, 15) is 0 Å². The lowest BCUT2D eigenvalue weighted by molar-refractivity contribution is 1.13. The van der Waals surface area contributed by atoms with Gasteiger partial charge in [-0.05, 0) is 51.1 Å². The molecule has 0 heterocycles. The molecule has 0 fully saturated rings. The van der Waals surface area contributed by atoms with Gasteiger partial charge in [-0.3, -0.25) is 0 Å². The lowest BCUT2D eigenvalue weighted by Crippen LogP contribution is -2.19. The van der Waals surface area contributed by atoms with Gasteiger partial charge in [0, 0.05) is 17.1 Å². The molecule has 0 spiro atoms. The Morgan fingerprint density at radius 2 is 1.46 bits per heavy atom. The summed E-state index contributed by atoms with van der Waals surface area (Å²) in [7, 11) is 0. The summed E-state index contributed by atoms with van der Waals surface area (Å²) in [5.74, 6) is 0. The predicted octanol–water partition coefficient (Wildman–Crippen LogP) is 7.67. The summed E-state index contributed by atoms with van der Waals surface area (Å²) in [6.45, 7) is 18.0. The standard InChI is InChI=1S/C19H23N.2C2H6/c1-5-9-14-18(8-4)20(17(7-3)13-6-2)19-15-11-10-12-16-19;2*1-2/h5-16H,4H2,1-3H3;2*1-2H3/b9-5-,13-6-,17-7+,18-14+;;. The topological polar surface area (TPSA) is 3.24 Å². The average Bonchev–Trinajstić information content (AvgIpc) is 2.67. The van der Waals surface area contributed by atoms with E-state index in [1.807, 2.05) is 91.0 Å². The summed E-state index contributed by atoms with van der Waals surface area (Å²) in [4.78, 5) is 2.19. The molecule has 0 aromatic heterocycles. The van der Waals surface area contributed by atoms with Crippen LogP contribution < -0.4 is 4.90 Å². The molecular formula is C23H35N. The third kappa shape index (κ3) is 8.38. The van der Waals surface area contributed by atoms with Crippen LogP contribution in [0.25, 0.3) is 0 Å². The van der Waals surface area contributed by atoms with Gasteiger partial charge in [0.2, 0.25) is 0 Å². The molecule has 1 aromatic rings. The first-order valence-corrected chi connectivity index (χ1v) is 8.88. The van der Waals surface area contributed by atoms with Crippen LogP contribution in [0.15, 0.2) is 90.8 Å². The monoisotopic (exact) mass is 325 g/mol. The molecule has 0 bridgehead atoms. The third-order valence-corrected chi connectivity index (χ3v) is 2.83. The maximum absolute atomic E-state index is 3.94. The molecule has 0 aliphatic carbocycles. The number of nitrogens with zero attached hydrogens (tertiary/aromatic N) is 1. The number of rotatable bonds is 6. The summed E-state index contributed by atoms with van der Waals surface area (Å²) in [5, 5.41) is 0. The number of benzene rings is 1. The molecule has 0 N–H and O–H groups in total. The zero-order valence-electron chi connectivity index (χ0n) is 16.6. The van der Waals surface area contributed by atoms with E-state index in [0.29, 0.717) is 0 Å². The molecule has 24 heavy (non-hydrogen) atoms. The number of hydrogen-bond acceptors (Lipinski definition) is 1. The molecule has 0 unspecified atom stereocenters. The minimum atomic E-state index is 1.04. The van der Waals surface area contributed by atoms with Crippen molar-refractivity contribution in [2.45, 2.75) is 48.5 Å². The van der Waals surface area contributed by atoms with Crippen molar-refractivity contribution in [3.8, 4) is 0 Å². The Kier molecular flexibility index (Phi) is 17.1. The lowest BCUT2D eigenvalue weighted by Gasteiger charge is -2.27. The smallest absolute Gasteiger partial charge is 0.0461 e. The molecule has 1 rings (SSSR count). The molecule has 1 heteroatoms. The maximum atomic E-state index is 3.94. The molecule has 0 saturated heterocycles. The second-order valence-electron chi connectivity index (χ2n) is 4.21. The second kappa shape index (κ2) is 17.1. The van der Waals surface area contributed by atoms with Crippen LogP contribution in [0.4, 0.5) is 5.69 Å². The van der Waals surface area contributed by atoms with Gasteiger partial charge in [-0.1, -0.05) is 76.8 Å². The molecule has 0 aliphatic heterocycles. The van der Waals surface area contributed by atoms with E-state index in [0.717, 1.165) is 17.1 Å². The van der Waals surface area contributed by atoms with E-state index >= 15 is 0 Å². The minimum Gasteiger partial charge on any atom is -0.311 e. The van der Waals surface area contributed by atoms with Crippen molar-refractivity contribution in [3.05, 3.63) is 90.8 Å². The van der Waals surface area contributed by atoms with Crippen molar-refractivity contribution in [1.82, 2.24) is 0 Å². The molecular weight excluding hydrogens is 290 g/mol. The van der Waals surface area contributed by atoms with E-state index in [1.54, 1.807) is 0 Å². The van der Waals surface area contributed by atoms with Gasteiger partial charge in [0.25, 0.3) is 0 Å². The number of para-hydroxylation sites is 1. The summed E-state index contributed by atoms with van der Waals surface area (Å²) >= 11 is 0. The molecule has 0 atom stereocenters. The number of allylic oxidation sites excluding steroid dienone is 7. The first-order chi connectivity index (χ1) is 11.8. The largest absolute Gasteiger partial charge is 0.311 e. The minimum absolute atomic E-state index is 1.04. The van der Waals surface area contributed by atoms with Crippen molar-refractivity contribution in [2.75, 3.05) is 4.90 Å². The summed E-state index contributed by atoms with van der Waals surface area (Å²) in [6.07, 6.45) is 14.2. The molecule has 1 aromatic carbocycles. The Hall–Kier alpha value is -2.28. The van der Waals surface area contributed by atoms with Gasteiger partial charge in [0.05, 0.1) is 0 Å². The normalized spacial score (nSPS) is 11.5. The van der Waals surface area contributed by atoms with Crippen LogP contribution in [0.2, 0.25) is 0 Å². The Morgan fingerprint density at radius 1 is 0.875 bits per heavy atom. The molecule has 0 aliphatic rings. The van der Waals surface area contributed by atoms with Crippen LogP contribution in [0, 0.1) is 0 Å². The second-order valence-corrected chi connectivity index (χ2v) is 4.21. The molecule has 0 radical (unpaired) electrons. The molecule has 132 valence electrons. The third-order valence-electron chi connectivity index (χ3n) is 2.83. The predicted molar refractivity (Wildman–Crippen MR) is 113 cm³/mol. The number of hydrogen-bond donors (Lipinski definition) is 0. The van der Waals surface area contributed by atoms with E-state index in [1.165, 1.54) is 0 Å². The van der Waals surface area contributed by atoms with Crippen molar-refractivity contribution in [1.29, 1.82) is 0 Å². The van der Waals surface area contributed by atoms with Gasteiger partial charge in [0.1, 0.15) is 0 Å². The highest BCUT2D eigenvalue weighted by molar-refractivity contribution is 5.62. The van der Waals surface area contributed by atoms with E-state index in [4.69, 9.17) is 0 Å². The first kappa shape index (κ1) is 24.0. The molecule has 1 nitrogen and oxygen atoms in total. The molecule has 0 amide bonds.